The Balaban J connectivity index is 1.93. The highest BCUT2D eigenvalue weighted by Crippen LogP contribution is 2.30. The summed E-state index contributed by atoms with van der Waals surface area (Å²) in [5.74, 6) is 0.282. The molecule has 5 unspecified atom stereocenters. The number of nitrogens with one attached hydrogen (secondary N) is 2. The fourth-order valence-electron chi connectivity index (χ4n) is 2.90. The Morgan fingerprint density at radius 2 is 2.05 bits per heavy atom. The van der Waals surface area contributed by atoms with Gasteiger partial charge in [-0.1, -0.05) is 13.8 Å². The molecule has 122 valence electrons. The number of hydrogen-bond donors (Lipinski definition) is 2. The van der Waals surface area contributed by atoms with Crippen LogP contribution in [-0.4, -0.2) is 41.6 Å². The Kier molecular flexibility index (Phi) is 5.52. The summed E-state index contributed by atoms with van der Waals surface area (Å²) in [6, 6.07) is -0.00147. The molecule has 2 N–H and O–H groups in total. The van der Waals surface area contributed by atoms with Crippen LogP contribution < -0.4 is 10.6 Å². The fraction of sp³-hybridized carbons (Fsp3) is 0.667. The summed E-state index contributed by atoms with van der Waals surface area (Å²) in [5.41, 5.74) is 0. The Hall–Kier alpha value is -1.47. The molecule has 2 amide bonds. The topological polar surface area (TPSA) is 80.3 Å². The first kappa shape index (κ1) is 16.9. The van der Waals surface area contributed by atoms with Gasteiger partial charge in [-0.2, -0.15) is 0 Å². The van der Waals surface area contributed by atoms with Crippen molar-refractivity contribution in [1.29, 1.82) is 0 Å². The van der Waals surface area contributed by atoms with Crippen molar-refractivity contribution in [2.45, 2.75) is 45.9 Å². The van der Waals surface area contributed by atoms with Gasteiger partial charge in [0, 0.05) is 25.0 Å². The molecule has 1 aromatic rings. The van der Waals surface area contributed by atoms with E-state index in [1.165, 1.54) is 18.3 Å². The first-order valence-corrected chi connectivity index (χ1v) is 8.38. The van der Waals surface area contributed by atoms with Gasteiger partial charge in [-0.3, -0.25) is 9.59 Å². The number of hydrogen-bond acceptors (Lipinski definition) is 5. The van der Waals surface area contributed by atoms with E-state index in [0.29, 0.717) is 11.6 Å². The van der Waals surface area contributed by atoms with Crippen LogP contribution in [0.2, 0.25) is 0 Å². The van der Waals surface area contributed by atoms with Gasteiger partial charge >= 0.3 is 0 Å². The number of nitrogens with zero attached hydrogens (tertiary/aromatic N) is 1. The highest BCUT2D eigenvalue weighted by molar-refractivity contribution is 7.11. The van der Waals surface area contributed by atoms with E-state index in [1.54, 1.807) is 11.6 Å². The van der Waals surface area contributed by atoms with E-state index in [-0.39, 0.29) is 41.9 Å². The van der Waals surface area contributed by atoms with Crippen molar-refractivity contribution in [3.05, 3.63) is 16.6 Å². The van der Waals surface area contributed by atoms with Crippen molar-refractivity contribution >= 4 is 23.2 Å². The standard InChI is InChI=1S/C15H23N3O3S/c1-8-9(2)13(18-11(4)19)10(3)21-12(8)7-17-14(20)15-16-5-6-22-15/h5-6,8-10,12-13H,7H2,1-4H3,(H,17,20)(H,18,19). The fourth-order valence-corrected chi connectivity index (χ4v) is 3.45. The van der Waals surface area contributed by atoms with Crippen LogP contribution in [0.4, 0.5) is 0 Å². The van der Waals surface area contributed by atoms with Gasteiger partial charge in [-0.05, 0) is 18.8 Å². The zero-order valence-electron chi connectivity index (χ0n) is 13.3. The monoisotopic (exact) mass is 325 g/mol. The molecule has 2 heterocycles. The van der Waals surface area contributed by atoms with E-state index < -0.39 is 0 Å². The van der Waals surface area contributed by atoms with Gasteiger partial charge in [0.1, 0.15) is 0 Å². The van der Waals surface area contributed by atoms with Crippen LogP contribution in [0, 0.1) is 11.8 Å². The first-order chi connectivity index (χ1) is 10.4. The second-order valence-electron chi connectivity index (χ2n) is 5.87. The van der Waals surface area contributed by atoms with Crippen LogP contribution in [0.3, 0.4) is 0 Å². The molecule has 0 spiro atoms. The van der Waals surface area contributed by atoms with Gasteiger partial charge < -0.3 is 15.4 Å². The zero-order valence-corrected chi connectivity index (χ0v) is 14.1. The lowest BCUT2D eigenvalue weighted by molar-refractivity contribution is -0.132. The number of carbonyl (C=O) groups is 2. The van der Waals surface area contributed by atoms with E-state index in [9.17, 15) is 9.59 Å². The van der Waals surface area contributed by atoms with E-state index >= 15 is 0 Å². The molecule has 7 heteroatoms. The third kappa shape index (κ3) is 3.84. The Labute approximate surface area is 134 Å². The number of ether oxygens (including phenoxy) is 1. The van der Waals surface area contributed by atoms with Gasteiger partial charge in [0.2, 0.25) is 5.91 Å². The molecule has 1 aliphatic rings. The van der Waals surface area contributed by atoms with Crippen LogP contribution in [0.5, 0.6) is 0 Å². The van der Waals surface area contributed by atoms with Crippen molar-refractivity contribution in [3.63, 3.8) is 0 Å². The number of aromatic nitrogens is 1. The summed E-state index contributed by atoms with van der Waals surface area (Å²) in [4.78, 5) is 27.3. The summed E-state index contributed by atoms with van der Waals surface area (Å²) in [6.45, 7) is 8.12. The van der Waals surface area contributed by atoms with Gasteiger partial charge in [0.15, 0.2) is 5.01 Å². The first-order valence-electron chi connectivity index (χ1n) is 7.50. The van der Waals surface area contributed by atoms with Crippen molar-refractivity contribution in [3.8, 4) is 0 Å². The molecule has 5 atom stereocenters. The average molecular weight is 325 g/mol. The van der Waals surface area contributed by atoms with Crippen molar-refractivity contribution < 1.29 is 14.3 Å². The average Bonchev–Trinajstić information content (AvgIpc) is 2.99. The maximum atomic E-state index is 12.0. The van der Waals surface area contributed by atoms with E-state index in [4.69, 9.17) is 4.74 Å². The molecule has 1 fully saturated rings. The van der Waals surface area contributed by atoms with E-state index in [0.717, 1.165) is 0 Å². The minimum Gasteiger partial charge on any atom is -0.371 e. The van der Waals surface area contributed by atoms with Crippen molar-refractivity contribution in [2.75, 3.05) is 6.54 Å². The Morgan fingerprint density at radius 1 is 1.32 bits per heavy atom. The highest BCUT2D eigenvalue weighted by atomic mass is 32.1. The van der Waals surface area contributed by atoms with E-state index in [1.807, 2.05) is 6.92 Å². The zero-order chi connectivity index (χ0) is 16.3. The highest BCUT2D eigenvalue weighted by Gasteiger charge is 2.39. The summed E-state index contributed by atoms with van der Waals surface area (Å²) in [5, 5.41) is 8.07. The Bertz CT molecular complexity index is 520. The van der Waals surface area contributed by atoms with Crippen LogP contribution in [0.15, 0.2) is 11.6 Å². The smallest absolute Gasteiger partial charge is 0.280 e. The molecule has 0 radical (unpaired) electrons. The maximum Gasteiger partial charge on any atom is 0.280 e. The van der Waals surface area contributed by atoms with Gasteiger partial charge in [0.25, 0.3) is 5.91 Å². The van der Waals surface area contributed by atoms with Gasteiger partial charge in [-0.15, -0.1) is 11.3 Å². The predicted octanol–water partition coefficient (Wildman–Crippen LogP) is 1.44. The number of carbonyl (C=O) groups excluding carboxylic acids is 2. The van der Waals surface area contributed by atoms with Crippen molar-refractivity contribution in [2.24, 2.45) is 11.8 Å². The second-order valence-corrected chi connectivity index (χ2v) is 6.77. The van der Waals surface area contributed by atoms with Gasteiger partial charge in [-0.25, -0.2) is 4.98 Å². The molecule has 1 saturated heterocycles. The number of amides is 2. The lowest BCUT2D eigenvalue weighted by Crippen LogP contribution is -2.57. The SMILES string of the molecule is CC(=O)NC1C(C)OC(CNC(=O)c2nccs2)C(C)C1C. The molecule has 6 nitrogen and oxygen atoms in total. The summed E-state index contributed by atoms with van der Waals surface area (Å²) >= 11 is 1.32. The molecule has 2 rings (SSSR count). The molecule has 0 saturated carbocycles. The lowest BCUT2D eigenvalue weighted by atomic mass is 9.80. The molecule has 22 heavy (non-hydrogen) atoms. The Morgan fingerprint density at radius 3 is 2.64 bits per heavy atom. The third-order valence-electron chi connectivity index (χ3n) is 4.34. The number of rotatable bonds is 4. The second kappa shape index (κ2) is 7.19. The van der Waals surface area contributed by atoms with Crippen molar-refractivity contribution in [1.82, 2.24) is 15.6 Å². The molecular formula is C15H23N3O3S. The maximum absolute atomic E-state index is 12.0. The summed E-state index contributed by atoms with van der Waals surface area (Å²) in [7, 11) is 0. The van der Waals surface area contributed by atoms with Crippen LogP contribution in [-0.2, 0) is 9.53 Å². The van der Waals surface area contributed by atoms with Crippen LogP contribution in [0.25, 0.3) is 0 Å². The van der Waals surface area contributed by atoms with Crippen LogP contribution in [0.1, 0.15) is 37.5 Å². The van der Waals surface area contributed by atoms with E-state index in [2.05, 4.69) is 29.5 Å². The lowest BCUT2D eigenvalue weighted by Gasteiger charge is -2.44. The largest absolute Gasteiger partial charge is 0.371 e. The molecular weight excluding hydrogens is 302 g/mol. The molecule has 1 aromatic heterocycles. The minimum absolute atomic E-state index is 0.00147. The quantitative estimate of drug-likeness (QED) is 0.878. The normalized spacial score (nSPS) is 31.5. The number of thiazole rings is 1. The molecule has 0 aromatic carbocycles. The molecule has 1 aliphatic heterocycles. The summed E-state index contributed by atoms with van der Waals surface area (Å²) < 4.78 is 6.00. The van der Waals surface area contributed by atoms with Crippen LogP contribution >= 0.6 is 11.3 Å². The molecule has 0 aliphatic carbocycles. The summed E-state index contributed by atoms with van der Waals surface area (Å²) in [6.07, 6.45) is 1.46. The van der Waals surface area contributed by atoms with Gasteiger partial charge in [0.05, 0.1) is 18.2 Å². The third-order valence-corrected chi connectivity index (χ3v) is 5.11. The predicted molar refractivity (Wildman–Crippen MR) is 84.7 cm³/mol. The molecule has 0 bridgehead atoms. The minimum atomic E-state index is -0.171.